The first-order valence-corrected chi connectivity index (χ1v) is 9.15. The topological polar surface area (TPSA) is 86.8 Å². The smallest absolute Gasteiger partial charge is 0.353 e. The number of likely N-dealkylation sites (N-methyl/N-ethyl adjacent to an activating group) is 1. The van der Waals surface area contributed by atoms with E-state index in [1.165, 1.54) is 11.0 Å². The maximum Gasteiger partial charge on any atom is 0.416 e. The van der Waals surface area contributed by atoms with Gasteiger partial charge in [0.25, 0.3) is 0 Å². The van der Waals surface area contributed by atoms with Crippen LogP contribution >= 0.6 is 0 Å². The Bertz CT molecular complexity index is 871. The number of benzene rings is 1. The van der Waals surface area contributed by atoms with Gasteiger partial charge in [-0.25, -0.2) is 0 Å². The van der Waals surface area contributed by atoms with E-state index in [2.05, 4.69) is 5.32 Å². The summed E-state index contributed by atoms with van der Waals surface area (Å²) in [5.41, 5.74) is -2.72. The van der Waals surface area contributed by atoms with Crippen LogP contribution in [0.2, 0.25) is 0 Å². The van der Waals surface area contributed by atoms with Crippen LogP contribution in [0.5, 0.6) is 0 Å². The van der Waals surface area contributed by atoms with Crippen molar-refractivity contribution in [3.05, 3.63) is 35.4 Å². The highest BCUT2D eigenvalue weighted by Crippen LogP contribution is 2.42. The van der Waals surface area contributed by atoms with Gasteiger partial charge < -0.3 is 10.2 Å². The molecule has 0 bridgehead atoms. The molecule has 0 aliphatic carbocycles. The lowest BCUT2D eigenvalue weighted by Gasteiger charge is -2.32. The molecule has 1 N–H and O–H groups in total. The summed E-state index contributed by atoms with van der Waals surface area (Å²) in [5, 5.41) is 2.57. The molecule has 4 amide bonds. The van der Waals surface area contributed by atoms with Gasteiger partial charge in [-0.1, -0.05) is 18.2 Å². The Morgan fingerprint density at radius 2 is 1.97 bits per heavy atom. The van der Waals surface area contributed by atoms with Crippen molar-refractivity contribution in [1.82, 2.24) is 15.1 Å². The molecule has 0 aromatic heterocycles. The van der Waals surface area contributed by atoms with E-state index in [-0.39, 0.29) is 37.6 Å². The number of nitrogens with one attached hydrogen (secondary N) is 1. The summed E-state index contributed by atoms with van der Waals surface area (Å²) < 4.78 is 39.6. The summed E-state index contributed by atoms with van der Waals surface area (Å²) in [7, 11) is 0. The first-order valence-electron chi connectivity index (χ1n) is 9.15. The zero-order chi connectivity index (χ0) is 21.4. The van der Waals surface area contributed by atoms with Gasteiger partial charge in [-0.3, -0.25) is 24.1 Å². The second-order valence-electron chi connectivity index (χ2n) is 7.12. The normalized spacial score (nSPS) is 22.8. The highest BCUT2D eigenvalue weighted by atomic mass is 19.4. The number of alkyl halides is 3. The summed E-state index contributed by atoms with van der Waals surface area (Å²) in [5.74, 6) is -2.16. The number of likely N-dealkylation sites (tertiary alicyclic amines) is 1. The summed E-state index contributed by atoms with van der Waals surface area (Å²) in [6.07, 6.45) is -5.52. The van der Waals surface area contributed by atoms with Gasteiger partial charge in [0.2, 0.25) is 23.6 Å². The van der Waals surface area contributed by atoms with Gasteiger partial charge in [-0.2, -0.15) is 13.2 Å². The Labute approximate surface area is 164 Å². The first-order chi connectivity index (χ1) is 13.6. The lowest BCUT2D eigenvalue weighted by molar-refractivity contribution is -0.144. The maximum absolute atomic E-state index is 13.2. The molecule has 3 rings (SSSR count). The second-order valence-corrected chi connectivity index (χ2v) is 7.12. The van der Waals surface area contributed by atoms with Crippen LogP contribution in [0, 0.1) is 0 Å². The van der Waals surface area contributed by atoms with Crippen LogP contribution in [-0.4, -0.2) is 59.6 Å². The number of rotatable bonds is 4. The standard InChI is InChI=1S/C19H20F3N3O4/c1-2-25-16(28)10-18(17(25)29,9-15(27)24-7-6-23-14(26)11-24)12-4-3-5-13(8-12)19(20,21)22/h3-5,8H,2,6-7,9-11H2,1H3,(H,23,26). The average molecular weight is 411 g/mol. The third-order valence-electron chi connectivity index (χ3n) is 5.31. The molecule has 0 radical (unpaired) electrons. The summed E-state index contributed by atoms with van der Waals surface area (Å²) in [6.45, 7) is 1.91. The van der Waals surface area contributed by atoms with Gasteiger partial charge >= 0.3 is 6.18 Å². The van der Waals surface area contributed by atoms with Crippen LogP contribution in [0.25, 0.3) is 0 Å². The van der Waals surface area contributed by atoms with Gasteiger partial charge in [0, 0.05) is 32.5 Å². The van der Waals surface area contributed by atoms with Crippen LogP contribution in [-0.2, 0) is 30.8 Å². The molecule has 2 heterocycles. The van der Waals surface area contributed by atoms with Crippen molar-refractivity contribution in [2.45, 2.75) is 31.4 Å². The van der Waals surface area contributed by atoms with Crippen molar-refractivity contribution in [1.29, 1.82) is 0 Å². The number of nitrogens with zero attached hydrogens (tertiary/aromatic N) is 2. The predicted molar refractivity (Wildman–Crippen MR) is 94.3 cm³/mol. The van der Waals surface area contributed by atoms with Crippen molar-refractivity contribution < 1.29 is 32.3 Å². The Morgan fingerprint density at radius 1 is 1.24 bits per heavy atom. The van der Waals surface area contributed by atoms with E-state index in [9.17, 15) is 32.3 Å². The number of amides is 4. The van der Waals surface area contributed by atoms with Crippen molar-refractivity contribution in [3.63, 3.8) is 0 Å². The molecule has 10 heteroatoms. The predicted octanol–water partition coefficient (Wildman–Crippen LogP) is 1.07. The van der Waals surface area contributed by atoms with E-state index < -0.39 is 47.7 Å². The number of hydrogen-bond acceptors (Lipinski definition) is 4. The summed E-state index contributed by atoms with van der Waals surface area (Å²) >= 11 is 0. The van der Waals surface area contributed by atoms with Crippen LogP contribution < -0.4 is 5.32 Å². The average Bonchev–Trinajstić information content (AvgIpc) is 2.91. The number of hydrogen-bond donors (Lipinski definition) is 1. The van der Waals surface area contributed by atoms with Gasteiger partial charge in [0.15, 0.2) is 0 Å². The molecule has 7 nitrogen and oxygen atoms in total. The SMILES string of the molecule is CCN1C(=O)CC(CC(=O)N2CCNC(=O)C2)(c2cccc(C(F)(F)F)c2)C1=O. The molecule has 0 spiro atoms. The quantitative estimate of drug-likeness (QED) is 0.751. The lowest BCUT2D eigenvalue weighted by Crippen LogP contribution is -2.52. The first kappa shape index (κ1) is 20.8. The van der Waals surface area contributed by atoms with Crippen LogP contribution in [0.15, 0.2) is 24.3 Å². The highest BCUT2D eigenvalue weighted by molar-refractivity contribution is 6.10. The van der Waals surface area contributed by atoms with Crippen LogP contribution in [0.1, 0.15) is 30.9 Å². The van der Waals surface area contributed by atoms with Crippen molar-refractivity contribution >= 4 is 23.6 Å². The molecule has 29 heavy (non-hydrogen) atoms. The largest absolute Gasteiger partial charge is 0.416 e. The molecule has 0 saturated carbocycles. The highest BCUT2D eigenvalue weighted by Gasteiger charge is 2.54. The minimum Gasteiger partial charge on any atom is -0.353 e. The fourth-order valence-corrected chi connectivity index (χ4v) is 3.80. The number of carbonyl (C=O) groups excluding carboxylic acids is 4. The van der Waals surface area contributed by atoms with E-state index in [0.29, 0.717) is 0 Å². The lowest BCUT2D eigenvalue weighted by atomic mass is 9.75. The molecule has 2 aliphatic heterocycles. The van der Waals surface area contributed by atoms with E-state index in [0.717, 1.165) is 23.1 Å². The van der Waals surface area contributed by atoms with Gasteiger partial charge in [0.05, 0.1) is 17.5 Å². The van der Waals surface area contributed by atoms with Gasteiger partial charge in [-0.15, -0.1) is 0 Å². The Balaban J connectivity index is 2.02. The molecule has 1 atom stereocenters. The molecule has 1 aromatic carbocycles. The zero-order valence-electron chi connectivity index (χ0n) is 15.7. The van der Waals surface area contributed by atoms with E-state index >= 15 is 0 Å². The van der Waals surface area contributed by atoms with Crippen LogP contribution in [0.3, 0.4) is 0 Å². The maximum atomic E-state index is 13.2. The molecule has 156 valence electrons. The minimum atomic E-state index is -4.64. The third-order valence-corrected chi connectivity index (χ3v) is 5.31. The van der Waals surface area contributed by atoms with Gasteiger partial charge in [0.1, 0.15) is 0 Å². The zero-order valence-corrected chi connectivity index (χ0v) is 15.7. The number of piperazine rings is 1. The Hall–Kier alpha value is -2.91. The summed E-state index contributed by atoms with van der Waals surface area (Å²) in [4.78, 5) is 52.1. The minimum absolute atomic E-state index is 0.0311. The third kappa shape index (κ3) is 3.83. The molecule has 2 saturated heterocycles. The molecular formula is C19H20F3N3O4. The van der Waals surface area contributed by atoms with Crippen molar-refractivity contribution in [3.8, 4) is 0 Å². The molecule has 2 fully saturated rings. The number of imide groups is 1. The number of carbonyl (C=O) groups is 4. The molecular weight excluding hydrogens is 391 g/mol. The van der Waals surface area contributed by atoms with Gasteiger partial charge in [-0.05, 0) is 18.6 Å². The Kier molecular flexibility index (Phi) is 5.38. The van der Waals surface area contributed by atoms with Crippen LogP contribution in [0.4, 0.5) is 13.2 Å². The second kappa shape index (κ2) is 7.49. The van der Waals surface area contributed by atoms with E-state index in [4.69, 9.17) is 0 Å². The van der Waals surface area contributed by atoms with E-state index in [1.54, 1.807) is 6.92 Å². The van der Waals surface area contributed by atoms with E-state index in [1.807, 2.05) is 0 Å². The molecule has 1 unspecified atom stereocenters. The van der Waals surface area contributed by atoms with Crippen molar-refractivity contribution in [2.24, 2.45) is 0 Å². The molecule has 2 aliphatic rings. The fourth-order valence-electron chi connectivity index (χ4n) is 3.80. The summed E-state index contributed by atoms with van der Waals surface area (Å²) in [6, 6.07) is 4.17. The van der Waals surface area contributed by atoms with Crippen molar-refractivity contribution in [2.75, 3.05) is 26.2 Å². The molecule has 1 aromatic rings. The fraction of sp³-hybridized carbons (Fsp3) is 0.474. The Morgan fingerprint density at radius 3 is 2.55 bits per heavy atom. The number of halogens is 3. The monoisotopic (exact) mass is 411 g/mol.